The minimum atomic E-state index is 0.752. The molecular formula is C17H15ClOS. The second kappa shape index (κ2) is 6.04. The van der Waals surface area contributed by atoms with Crippen molar-refractivity contribution in [3.8, 4) is 0 Å². The minimum Gasteiger partial charge on any atom is -0.310 e. The second-order valence-electron chi connectivity index (χ2n) is 4.70. The molecule has 3 aromatic carbocycles. The summed E-state index contributed by atoms with van der Waals surface area (Å²) in [6.07, 6.45) is 1.02. The summed E-state index contributed by atoms with van der Waals surface area (Å²) in [6, 6.07) is 16.6. The molecule has 3 aromatic rings. The predicted molar refractivity (Wildman–Crippen MR) is 88.6 cm³/mol. The lowest BCUT2D eigenvalue weighted by molar-refractivity contribution is 0.373. The molecule has 0 aliphatic heterocycles. The van der Waals surface area contributed by atoms with E-state index in [4.69, 9.17) is 15.8 Å². The van der Waals surface area contributed by atoms with Gasteiger partial charge in [-0.15, -0.1) is 0 Å². The Kier molecular flexibility index (Phi) is 4.16. The van der Waals surface area contributed by atoms with E-state index in [2.05, 4.69) is 37.3 Å². The molecule has 0 saturated carbocycles. The topological polar surface area (TPSA) is 9.23 Å². The van der Waals surface area contributed by atoms with E-state index in [1.807, 2.05) is 18.2 Å². The third-order valence-corrected chi connectivity index (χ3v) is 4.38. The van der Waals surface area contributed by atoms with Gasteiger partial charge in [0.25, 0.3) is 0 Å². The van der Waals surface area contributed by atoms with Crippen LogP contribution in [-0.4, -0.2) is 6.61 Å². The van der Waals surface area contributed by atoms with Crippen molar-refractivity contribution >= 4 is 45.2 Å². The predicted octanol–water partition coefficient (Wildman–Crippen LogP) is 6.08. The maximum absolute atomic E-state index is 6.34. The standard InChI is InChI=1S/C17H15ClOS/c1-2-9-19-20-17-8-7-16(18)14-10-12-5-3-4-6-13(12)11-15(14)17/h3-8,10-11H,2,9H2,1H3. The van der Waals surface area contributed by atoms with Gasteiger partial charge in [-0.1, -0.05) is 42.8 Å². The Bertz CT molecular complexity index is 754. The van der Waals surface area contributed by atoms with Gasteiger partial charge >= 0.3 is 0 Å². The van der Waals surface area contributed by atoms with Crippen LogP contribution in [-0.2, 0) is 4.18 Å². The Morgan fingerprint density at radius 2 is 1.70 bits per heavy atom. The molecule has 0 spiro atoms. The van der Waals surface area contributed by atoms with Crippen molar-refractivity contribution in [2.45, 2.75) is 18.2 Å². The molecule has 0 aromatic heterocycles. The van der Waals surface area contributed by atoms with Gasteiger partial charge in [0.15, 0.2) is 0 Å². The van der Waals surface area contributed by atoms with Gasteiger partial charge in [-0.25, -0.2) is 0 Å². The molecule has 0 saturated heterocycles. The highest BCUT2D eigenvalue weighted by Crippen LogP contribution is 2.35. The molecule has 1 nitrogen and oxygen atoms in total. The highest BCUT2D eigenvalue weighted by atomic mass is 35.5. The van der Waals surface area contributed by atoms with E-state index in [0.717, 1.165) is 33.7 Å². The van der Waals surface area contributed by atoms with Gasteiger partial charge in [-0.3, -0.25) is 0 Å². The molecule has 0 fully saturated rings. The lowest BCUT2D eigenvalue weighted by Crippen LogP contribution is -1.85. The van der Waals surface area contributed by atoms with Gasteiger partial charge in [-0.2, -0.15) is 0 Å². The molecule has 0 bridgehead atoms. The summed E-state index contributed by atoms with van der Waals surface area (Å²) in [5.74, 6) is 0. The summed E-state index contributed by atoms with van der Waals surface area (Å²) in [5.41, 5.74) is 0. The number of hydrogen-bond acceptors (Lipinski definition) is 2. The molecule has 0 N–H and O–H groups in total. The van der Waals surface area contributed by atoms with Crippen molar-refractivity contribution in [1.29, 1.82) is 0 Å². The Hall–Kier alpha value is -1.22. The van der Waals surface area contributed by atoms with E-state index in [-0.39, 0.29) is 0 Å². The van der Waals surface area contributed by atoms with Crippen LogP contribution >= 0.6 is 23.6 Å². The number of rotatable bonds is 4. The SMILES string of the molecule is CCCOSc1ccc(Cl)c2cc3ccccc3cc12. The molecule has 0 heterocycles. The number of fused-ring (bicyclic) bond motifs is 2. The second-order valence-corrected chi connectivity index (χ2v) is 5.95. The van der Waals surface area contributed by atoms with E-state index < -0.39 is 0 Å². The summed E-state index contributed by atoms with van der Waals surface area (Å²) in [4.78, 5) is 1.11. The van der Waals surface area contributed by atoms with E-state index in [1.54, 1.807) is 0 Å². The molecular weight excluding hydrogens is 288 g/mol. The number of benzene rings is 3. The third-order valence-electron chi connectivity index (χ3n) is 3.23. The van der Waals surface area contributed by atoms with Crippen LogP contribution in [0.3, 0.4) is 0 Å². The maximum Gasteiger partial charge on any atom is 0.0615 e. The molecule has 3 rings (SSSR count). The summed E-state index contributed by atoms with van der Waals surface area (Å²) in [5, 5.41) is 5.44. The zero-order valence-corrected chi connectivity index (χ0v) is 12.8. The molecule has 0 aliphatic rings. The molecule has 0 amide bonds. The first-order valence-electron chi connectivity index (χ1n) is 6.70. The van der Waals surface area contributed by atoms with Crippen molar-refractivity contribution in [3.63, 3.8) is 0 Å². The van der Waals surface area contributed by atoms with E-state index in [1.165, 1.54) is 22.8 Å². The summed E-state index contributed by atoms with van der Waals surface area (Å²) >= 11 is 7.77. The zero-order valence-electron chi connectivity index (χ0n) is 11.2. The summed E-state index contributed by atoms with van der Waals surface area (Å²) in [6.45, 7) is 2.86. The first-order valence-corrected chi connectivity index (χ1v) is 7.82. The molecule has 0 unspecified atom stereocenters. The Morgan fingerprint density at radius 3 is 2.40 bits per heavy atom. The molecule has 20 heavy (non-hydrogen) atoms. The lowest BCUT2D eigenvalue weighted by atomic mass is 10.0. The fourth-order valence-corrected chi connectivity index (χ4v) is 3.21. The first-order chi connectivity index (χ1) is 9.79. The molecule has 0 atom stereocenters. The Balaban J connectivity index is 2.16. The van der Waals surface area contributed by atoms with E-state index in [9.17, 15) is 0 Å². The zero-order chi connectivity index (χ0) is 13.9. The average molecular weight is 303 g/mol. The smallest absolute Gasteiger partial charge is 0.0615 e. The number of halogens is 1. The quantitative estimate of drug-likeness (QED) is 0.328. The Labute approximate surface area is 128 Å². The number of hydrogen-bond donors (Lipinski definition) is 0. The fourth-order valence-electron chi connectivity index (χ4n) is 2.23. The van der Waals surface area contributed by atoms with Crippen LogP contribution in [0.2, 0.25) is 5.02 Å². The normalized spacial score (nSPS) is 11.3. The van der Waals surface area contributed by atoms with Crippen molar-refractivity contribution in [2.24, 2.45) is 0 Å². The highest BCUT2D eigenvalue weighted by Gasteiger charge is 2.07. The first kappa shape index (κ1) is 13.7. The van der Waals surface area contributed by atoms with Gasteiger partial charge < -0.3 is 4.18 Å². The van der Waals surface area contributed by atoms with Crippen molar-refractivity contribution < 1.29 is 4.18 Å². The monoisotopic (exact) mass is 302 g/mol. The van der Waals surface area contributed by atoms with Gasteiger partial charge in [0, 0.05) is 27.3 Å². The summed E-state index contributed by atoms with van der Waals surface area (Å²) in [7, 11) is 0. The van der Waals surface area contributed by atoms with Crippen LogP contribution in [0, 0.1) is 0 Å². The van der Waals surface area contributed by atoms with Gasteiger partial charge in [-0.05, 0) is 46.8 Å². The largest absolute Gasteiger partial charge is 0.310 e. The van der Waals surface area contributed by atoms with Crippen LogP contribution in [0.25, 0.3) is 21.5 Å². The maximum atomic E-state index is 6.34. The van der Waals surface area contributed by atoms with Crippen molar-refractivity contribution in [3.05, 3.63) is 53.6 Å². The van der Waals surface area contributed by atoms with Gasteiger partial charge in [0.05, 0.1) is 6.61 Å². The van der Waals surface area contributed by atoms with Crippen LogP contribution in [0.15, 0.2) is 53.4 Å². The average Bonchev–Trinajstić information content (AvgIpc) is 2.48. The van der Waals surface area contributed by atoms with Crippen LogP contribution in [0.4, 0.5) is 0 Å². The van der Waals surface area contributed by atoms with Crippen LogP contribution < -0.4 is 0 Å². The highest BCUT2D eigenvalue weighted by molar-refractivity contribution is 7.95. The van der Waals surface area contributed by atoms with Crippen LogP contribution in [0.5, 0.6) is 0 Å². The molecule has 102 valence electrons. The van der Waals surface area contributed by atoms with Crippen molar-refractivity contribution in [1.82, 2.24) is 0 Å². The minimum absolute atomic E-state index is 0.752. The molecule has 0 radical (unpaired) electrons. The molecule has 3 heteroatoms. The van der Waals surface area contributed by atoms with E-state index in [0.29, 0.717) is 0 Å². The third kappa shape index (κ3) is 2.64. The summed E-state index contributed by atoms with van der Waals surface area (Å²) < 4.78 is 5.60. The van der Waals surface area contributed by atoms with Crippen molar-refractivity contribution in [2.75, 3.05) is 6.61 Å². The lowest BCUT2D eigenvalue weighted by Gasteiger charge is -2.09. The molecule has 0 aliphatic carbocycles. The van der Waals surface area contributed by atoms with Gasteiger partial charge in [0.1, 0.15) is 0 Å². The van der Waals surface area contributed by atoms with E-state index >= 15 is 0 Å². The fraction of sp³-hybridized carbons (Fsp3) is 0.176. The van der Waals surface area contributed by atoms with Crippen LogP contribution in [0.1, 0.15) is 13.3 Å². The van der Waals surface area contributed by atoms with Gasteiger partial charge in [0.2, 0.25) is 0 Å². The Morgan fingerprint density at radius 1 is 1.00 bits per heavy atom.